The third-order valence-corrected chi connectivity index (χ3v) is 4.69. The second kappa shape index (κ2) is 5.85. The third-order valence-electron chi connectivity index (χ3n) is 2.72. The fraction of sp³-hybridized carbons (Fsp3) is 0.455. The Hall–Kier alpha value is -1.18. The lowest BCUT2D eigenvalue weighted by atomic mass is 10.2. The number of nitrogens with one attached hydrogen (secondary N) is 2. The van der Waals surface area contributed by atoms with Crippen molar-refractivity contribution in [2.75, 3.05) is 23.4 Å². The average molecular weight is 304 g/mol. The van der Waals surface area contributed by atoms with Crippen LogP contribution in [-0.2, 0) is 14.6 Å². The molecule has 0 aromatic carbocycles. The first-order chi connectivity index (χ1) is 8.94. The van der Waals surface area contributed by atoms with Gasteiger partial charge < -0.3 is 10.6 Å². The van der Waals surface area contributed by atoms with Crippen molar-refractivity contribution < 1.29 is 13.2 Å². The maximum Gasteiger partial charge on any atom is 0.227 e. The second-order valence-electron chi connectivity index (χ2n) is 4.38. The molecule has 1 aromatic heterocycles. The summed E-state index contributed by atoms with van der Waals surface area (Å²) in [6.45, 7) is 0.385. The lowest BCUT2D eigenvalue weighted by Crippen LogP contribution is -2.46. The molecular weight excluding hydrogens is 290 g/mol. The van der Waals surface area contributed by atoms with Gasteiger partial charge in [0, 0.05) is 30.2 Å². The van der Waals surface area contributed by atoms with Crippen molar-refractivity contribution in [3.05, 3.63) is 23.4 Å². The number of anilines is 1. The van der Waals surface area contributed by atoms with E-state index in [9.17, 15) is 13.2 Å². The standard InChI is InChI=1S/C11H14ClN3O3S/c12-8-1-2-14-10(5-8)15-11(16)6-9-7-19(17,18)4-3-13-9/h1-2,5,9,13H,3-4,6-7H2,(H,14,15,16). The summed E-state index contributed by atoms with van der Waals surface area (Å²) in [5.41, 5.74) is 0. The Bertz CT molecular complexity index is 576. The topological polar surface area (TPSA) is 88.2 Å². The summed E-state index contributed by atoms with van der Waals surface area (Å²) in [7, 11) is -3.04. The largest absolute Gasteiger partial charge is 0.311 e. The number of halogens is 1. The Morgan fingerprint density at radius 3 is 3.05 bits per heavy atom. The monoisotopic (exact) mass is 303 g/mol. The molecule has 1 atom stereocenters. The summed E-state index contributed by atoms with van der Waals surface area (Å²) in [6.07, 6.45) is 1.58. The predicted octanol–water partition coefficient (Wildman–Crippen LogP) is 0.450. The molecule has 1 saturated heterocycles. The molecule has 8 heteroatoms. The van der Waals surface area contributed by atoms with E-state index in [0.717, 1.165) is 0 Å². The van der Waals surface area contributed by atoms with Crippen molar-refractivity contribution in [3.8, 4) is 0 Å². The molecule has 1 aliphatic heterocycles. The smallest absolute Gasteiger partial charge is 0.227 e. The molecule has 0 aliphatic carbocycles. The Kier molecular flexibility index (Phi) is 4.38. The number of hydrogen-bond acceptors (Lipinski definition) is 5. The highest BCUT2D eigenvalue weighted by Gasteiger charge is 2.25. The van der Waals surface area contributed by atoms with Gasteiger partial charge in [0.1, 0.15) is 5.82 Å². The predicted molar refractivity (Wildman–Crippen MR) is 72.9 cm³/mol. The number of hydrogen-bond donors (Lipinski definition) is 2. The van der Waals surface area contributed by atoms with E-state index in [1.165, 1.54) is 12.3 Å². The zero-order valence-electron chi connectivity index (χ0n) is 10.1. The van der Waals surface area contributed by atoms with Gasteiger partial charge >= 0.3 is 0 Å². The Morgan fingerprint density at radius 2 is 2.37 bits per heavy atom. The van der Waals surface area contributed by atoms with Crippen molar-refractivity contribution in [1.29, 1.82) is 0 Å². The fourth-order valence-electron chi connectivity index (χ4n) is 1.89. The molecule has 0 saturated carbocycles. The van der Waals surface area contributed by atoms with Crippen LogP contribution in [0.3, 0.4) is 0 Å². The van der Waals surface area contributed by atoms with Gasteiger partial charge in [-0.05, 0) is 12.1 Å². The van der Waals surface area contributed by atoms with Crippen molar-refractivity contribution in [2.24, 2.45) is 0 Å². The highest BCUT2D eigenvalue weighted by molar-refractivity contribution is 7.91. The Morgan fingerprint density at radius 1 is 1.58 bits per heavy atom. The second-order valence-corrected chi connectivity index (χ2v) is 7.04. The van der Waals surface area contributed by atoms with E-state index in [-0.39, 0.29) is 29.9 Å². The minimum absolute atomic E-state index is 0.0105. The molecule has 19 heavy (non-hydrogen) atoms. The van der Waals surface area contributed by atoms with E-state index in [1.54, 1.807) is 6.07 Å². The normalized spacial score (nSPS) is 21.8. The number of pyridine rings is 1. The molecule has 1 amide bonds. The van der Waals surface area contributed by atoms with Crippen LogP contribution in [0.5, 0.6) is 0 Å². The zero-order chi connectivity index (χ0) is 13.9. The molecule has 104 valence electrons. The van der Waals surface area contributed by atoms with E-state index in [1.807, 2.05) is 0 Å². The van der Waals surface area contributed by atoms with E-state index in [2.05, 4.69) is 15.6 Å². The highest BCUT2D eigenvalue weighted by Crippen LogP contribution is 2.12. The molecule has 2 N–H and O–H groups in total. The maximum atomic E-state index is 11.8. The zero-order valence-corrected chi connectivity index (χ0v) is 11.7. The molecule has 0 bridgehead atoms. The van der Waals surface area contributed by atoms with Crippen molar-refractivity contribution in [1.82, 2.24) is 10.3 Å². The van der Waals surface area contributed by atoms with Gasteiger partial charge in [-0.15, -0.1) is 0 Å². The molecule has 1 aliphatic rings. The lowest BCUT2D eigenvalue weighted by Gasteiger charge is -2.22. The Balaban J connectivity index is 1.91. The number of aromatic nitrogens is 1. The van der Waals surface area contributed by atoms with E-state index >= 15 is 0 Å². The molecule has 0 radical (unpaired) electrons. The van der Waals surface area contributed by atoms with E-state index < -0.39 is 9.84 Å². The van der Waals surface area contributed by atoms with Gasteiger partial charge in [0.15, 0.2) is 9.84 Å². The maximum absolute atomic E-state index is 11.8. The quantitative estimate of drug-likeness (QED) is 0.846. The SMILES string of the molecule is O=C(CC1CS(=O)(=O)CCN1)Nc1cc(Cl)ccn1. The van der Waals surface area contributed by atoms with Crippen LogP contribution in [0.25, 0.3) is 0 Å². The highest BCUT2D eigenvalue weighted by atomic mass is 35.5. The third kappa shape index (κ3) is 4.45. The first kappa shape index (κ1) is 14.2. The molecule has 1 fully saturated rings. The molecule has 2 rings (SSSR count). The van der Waals surface area contributed by atoms with E-state index in [0.29, 0.717) is 17.4 Å². The van der Waals surface area contributed by atoms with Gasteiger partial charge in [-0.1, -0.05) is 11.6 Å². The fourth-order valence-corrected chi connectivity index (χ4v) is 3.49. The van der Waals surface area contributed by atoms with Crippen LogP contribution in [-0.4, -0.2) is 43.4 Å². The summed E-state index contributed by atoms with van der Waals surface area (Å²) in [5, 5.41) is 6.08. The molecule has 1 aromatic rings. The average Bonchev–Trinajstić information content (AvgIpc) is 2.27. The van der Waals surface area contributed by atoms with Gasteiger partial charge in [0.2, 0.25) is 5.91 Å². The minimum atomic E-state index is -3.04. The number of amides is 1. The molecule has 2 heterocycles. The van der Waals surface area contributed by atoms with Gasteiger partial charge in [0.05, 0.1) is 11.5 Å². The van der Waals surface area contributed by atoms with Gasteiger partial charge in [-0.2, -0.15) is 0 Å². The van der Waals surface area contributed by atoms with Crippen LogP contribution in [0.1, 0.15) is 6.42 Å². The summed E-state index contributed by atoms with van der Waals surface area (Å²) in [4.78, 5) is 15.7. The summed E-state index contributed by atoms with van der Waals surface area (Å²) in [5.74, 6) is 0.185. The summed E-state index contributed by atoms with van der Waals surface area (Å²) >= 11 is 5.77. The molecule has 0 spiro atoms. The van der Waals surface area contributed by atoms with Crippen LogP contribution in [0.4, 0.5) is 5.82 Å². The molecule has 6 nitrogen and oxygen atoms in total. The van der Waals surface area contributed by atoms with Crippen molar-refractivity contribution in [2.45, 2.75) is 12.5 Å². The van der Waals surface area contributed by atoms with Crippen LogP contribution in [0, 0.1) is 0 Å². The Labute approximate surface area is 116 Å². The number of nitrogens with zero attached hydrogens (tertiary/aromatic N) is 1. The van der Waals surface area contributed by atoms with Crippen LogP contribution in [0.2, 0.25) is 5.02 Å². The first-order valence-corrected chi connectivity index (χ1v) is 8.00. The van der Waals surface area contributed by atoms with Gasteiger partial charge in [-0.25, -0.2) is 13.4 Å². The van der Waals surface area contributed by atoms with E-state index in [4.69, 9.17) is 11.6 Å². The lowest BCUT2D eigenvalue weighted by molar-refractivity contribution is -0.116. The summed E-state index contributed by atoms with van der Waals surface area (Å²) in [6, 6.07) is 2.79. The van der Waals surface area contributed by atoms with Crippen LogP contribution in [0.15, 0.2) is 18.3 Å². The van der Waals surface area contributed by atoms with Crippen LogP contribution >= 0.6 is 11.6 Å². The van der Waals surface area contributed by atoms with Gasteiger partial charge in [0.25, 0.3) is 0 Å². The van der Waals surface area contributed by atoms with Crippen molar-refractivity contribution >= 4 is 33.2 Å². The molecule has 1 unspecified atom stereocenters. The molecular formula is C11H14ClN3O3S. The number of sulfone groups is 1. The van der Waals surface area contributed by atoms with Crippen molar-refractivity contribution in [3.63, 3.8) is 0 Å². The van der Waals surface area contributed by atoms with Crippen LogP contribution < -0.4 is 10.6 Å². The first-order valence-electron chi connectivity index (χ1n) is 5.80. The minimum Gasteiger partial charge on any atom is -0.311 e. The number of carbonyl (C=O) groups excluding carboxylic acids is 1. The number of rotatable bonds is 3. The summed E-state index contributed by atoms with van der Waals surface area (Å²) < 4.78 is 22.9. The van der Waals surface area contributed by atoms with Gasteiger partial charge in [-0.3, -0.25) is 4.79 Å². The number of carbonyl (C=O) groups is 1.